The lowest BCUT2D eigenvalue weighted by Crippen LogP contribution is -2.32. The van der Waals surface area contributed by atoms with Gasteiger partial charge in [0.2, 0.25) is 5.91 Å². The van der Waals surface area contributed by atoms with Gasteiger partial charge in [0.25, 0.3) is 0 Å². The van der Waals surface area contributed by atoms with E-state index in [4.69, 9.17) is 0 Å². The monoisotopic (exact) mass is 196 g/mol. The van der Waals surface area contributed by atoms with Crippen molar-refractivity contribution in [2.75, 3.05) is 19.6 Å². The molecule has 0 aromatic heterocycles. The van der Waals surface area contributed by atoms with Crippen molar-refractivity contribution in [3.05, 3.63) is 0 Å². The Bertz CT molecular complexity index is 211. The zero-order chi connectivity index (χ0) is 9.97. The van der Waals surface area contributed by atoms with Crippen LogP contribution in [0, 0.1) is 5.92 Å². The lowest BCUT2D eigenvalue weighted by Gasteiger charge is -2.18. The second-order valence-corrected chi connectivity index (χ2v) is 4.60. The van der Waals surface area contributed by atoms with Gasteiger partial charge in [-0.05, 0) is 32.2 Å². The maximum Gasteiger partial charge on any atom is 0.225 e. The standard InChI is InChI=1S/C11H20N2O/c1-9-4-7-13(11(9)14)8-5-10-3-2-6-12-10/h9-10,12H,2-8H2,1H3. The number of carbonyl (C=O) groups excluding carboxylic acids is 1. The molecule has 0 aromatic rings. The van der Waals surface area contributed by atoms with Gasteiger partial charge in [-0.25, -0.2) is 0 Å². The highest BCUT2D eigenvalue weighted by atomic mass is 16.2. The third-order valence-corrected chi connectivity index (χ3v) is 3.48. The maximum absolute atomic E-state index is 11.6. The SMILES string of the molecule is CC1CCN(CCC2CCCN2)C1=O. The van der Waals surface area contributed by atoms with E-state index < -0.39 is 0 Å². The molecular weight excluding hydrogens is 176 g/mol. The fourth-order valence-corrected chi connectivity index (χ4v) is 2.43. The van der Waals surface area contributed by atoms with Crippen LogP contribution in [0.1, 0.15) is 32.6 Å². The minimum absolute atomic E-state index is 0.270. The van der Waals surface area contributed by atoms with E-state index in [1.54, 1.807) is 0 Å². The molecule has 3 nitrogen and oxygen atoms in total. The molecule has 0 radical (unpaired) electrons. The summed E-state index contributed by atoms with van der Waals surface area (Å²) in [7, 11) is 0. The Morgan fingerprint density at radius 1 is 1.50 bits per heavy atom. The Morgan fingerprint density at radius 3 is 2.93 bits per heavy atom. The molecule has 1 amide bonds. The average molecular weight is 196 g/mol. The summed E-state index contributed by atoms with van der Waals surface area (Å²) in [5, 5.41) is 3.47. The van der Waals surface area contributed by atoms with Gasteiger partial charge >= 0.3 is 0 Å². The van der Waals surface area contributed by atoms with Crippen molar-refractivity contribution >= 4 is 5.91 Å². The number of likely N-dealkylation sites (tertiary alicyclic amines) is 1. The molecule has 2 unspecified atom stereocenters. The number of nitrogens with zero attached hydrogens (tertiary/aromatic N) is 1. The lowest BCUT2D eigenvalue weighted by molar-refractivity contribution is -0.130. The van der Waals surface area contributed by atoms with Crippen molar-refractivity contribution in [2.45, 2.75) is 38.6 Å². The lowest BCUT2D eigenvalue weighted by atomic mass is 10.1. The maximum atomic E-state index is 11.6. The predicted octanol–water partition coefficient (Wildman–Crippen LogP) is 0.997. The number of carbonyl (C=O) groups is 1. The molecule has 2 fully saturated rings. The van der Waals surface area contributed by atoms with Crippen molar-refractivity contribution in [3.63, 3.8) is 0 Å². The van der Waals surface area contributed by atoms with Crippen LogP contribution in [-0.2, 0) is 4.79 Å². The first-order chi connectivity index (χ1) is 6.77. The molecule has 2 heterocycles. The first kappa shape index (κ1) is 9.97. The number of hydrogen-bond acceptors (Lipinski definition) is 2. The van der Waals surface area contributed by atoms with Crippen LogP contribution in [0.25, 0.3) is 0 Å². The van der Waals surface area contributed by atoms with Gasteiger partial charge in [0.05, 0.1) is 0 Å². The van der Waals surface area contributed by atoms with Crippen LogP contribution < -0.4 is 5.32 Å². The molecule has 2 aliphatic heterocycles. The Kier molecular flexibility index (Phi) is 3.06. The average Bonchev–Trinajstić information content (AvgIpc) is 2.77. The van der Waals surface area contributed by atoms with Gasteiger partial charge < -0.3 is 10.2 Å². The van der Waals surface area contributed by atoms with Crippen LogP contribution >= 0.6 is 0 Å². The second-order valence-electron chi connectivity index (χ2n) is 4.60. The van der Waals surface area contributed by atoms with E-state index in [-0.39, 0.29) is 5.92 Å². The topological polar surface area (TPSA) is 32.3 Å². The number of hydrogen-bond donors (Lipinski definition) is 1. The van der Waals surface area contributed by atoms with Crippen molar-refractivity contribution in [1.29, 1.82) is 0 Å². The molecule has 0 aliphatic carbocycles. The molecule has 2 atom stereocenters. The molecule has 0 spiro atoms. The quantitative estimate of drug-likeness (QED) is 0.730. The molecule has 2 aliphatic rings. The van der Waals surface area contributed by atoms with Crippen molar-refractivity contribution < 1.29 is 4.79 Å². The Balaban J connectivity index is 1.72. The molecule has 2 rings (SSSR count). The molecule has 0 saturated carbocycles. The van der Waals surface area contributed by atoms with E-state index in [1.807, 2.05) is 11.8 Å². The van der Waals surface area contributed by atoms with Crippen LogP contribution in [-0.4, -0.2) is 36.5 Å². The number of rotatable bonds is 3. The molecular formula is C11H20N2O. The highest BCUT2D eigenvalue weighted by molar-refractivity contribution is 5.80. The minimum atomic E-state index is 0.270. The normalized spacial score (nSPS) is 32.9. The minimum Gasteiger partial charge on any atom is -0.342 e. The third kappa shape index (κ3) is 2.08. The summed E-state index contributed by atoms with van der Waals surface area (Å²) in [6, 6.07) is 0.665. The van der Waals surface area contributed by atoms with Crippen LogP contribution in [0.3, 0.4) is 0 Å². The van der Waals surface area contributed by atoms with E-state index in [0.29, 0.717) is 11.9 Å². The Morgan fingerprint density at radius 2 is 2.36 bits per heavy atom. The van der Waals surface area contributed by atoms with Crippen LogP contribution in [0.4, 0.5) is 0 Å². The summed E-state index contributed by atoms with van der Waals surface area (Å²) in [4.78, 5) is 13.6. The second kappa shape index (κ2) is 4.30. The zero-order valence-corrected chi connectivity index (χ0v) is 8.96. The smallest absolute Gasteiger partial charge is 0.225 e. The molecule has 1 N–H and O–H groups in total. The third-order valence-electron chi connectivity index (χ3n) is 3.48. The van der Waals surface area contributed by atoms with E-state index >= 15 is 0 Å². The fourth-order valence-electron chi connectivity index (χ4n) is 2.43. The first-order valence-corrected chi connectivity index (χ1v) is 5.79. The molecule has 80 valence electrons. The fraction of sp³-hybridized carbons (Fsp3) is 0.909. The summed E-state index contributed by atoms with van der Waals surface area (Å²) in [6.07, 6.45) is 4.78. The van der Waals surface area contributed by atoms with Crippen LogP contribution in [0.15, 0.2) is 0 Å². The van der Waals surface area contributed by atoms with Crippen molar-refractivity contribution in [2.24, 2.45) is 5.92 Å². The molecule has 0 aromatic carbocycles. The van der Waals surface area contributed by atoms with Gasteiger partial charge in [-0.3, -0.25) is 4.79 Å². The zero-order valence-electron chi connectivity index (χ0n) is 8.96. The Labute approximate surface area is 85.8 Å². The van der Waals surface area contributed by atoms with Gasteiger partial charge in [-0.15, -0.1) is 0 Å². The van der Waals surface area contributed by atoms with Crippen molar-refractivity contribution in [1.82, 2.24) is 10.2 Å². The molecule has 2 saturated heterocycles. The van der Waals surface area contributed by atoms with E-state index in [0.717, 1.165) is 32.5 Å². The van der Waals surface area contributed by atoms with Crippen LogP contribution in [0.5, 0.6) is 0 Å². The van der Waals surface area contributed by atoms with Gasteiger partial charge in [0, 0.05) is 25.0 Å². The number of amides is 1. The largest absolute Gasteiger partial charge is 0.342 e. The summed E-state index contributed by atoms with van der Waals surface area (Å²) >= 11 is 0. The Hall–Kier alpha value is -0.570. The van der Waals surface area contributed by atoms with E-state index in [9.17, 15) is 4.79 Å². The highest BCUT2D eigenvalue weighted by Crippen LogP contribution is 2.18. The summed E-state index contributed by atoms with van der Waals surface area (Å²) in [5.41, 5.74) is 0. The number of nitrogens with one attached hydrogen (secondary N) is 1. The van der Waals surface area contributed by atoms with Gasteiger partial charge in [-0.1, -0.05) is 6.92 Å². The molecule has 14 heavy (non-hydrogen) atoms. The highest BCUT2D eigenvalue weighted by Gasteiger charge is 2.28. The van der Waals surface area contributed by atoms with Crippen molar-refractivity contribution in [3.8, 4) is 0 Å². The van der Waals surface area contributed by atoms with E-state index in [2.05, 4.69) is 5.32 Å². The first-order valence-electron chi connectivity index (χ1n) is 5.79. The van der Waals surface area contributed by atoms with Gasteiger partial charge in [0.1, 0.15) is 0 Å². The van der Waals surface area contributed by atoms with Gasteiger partial charge in [0.15, 0.2) is 0 Å². The summed E-state index contributed by atoms with van der Waals surface area (Å²) < 4.78 is 0. The molecule has 0 bridgehead atoms. The van der Waals surface area contributed by atoms with E-state index in [1.165, 1.54) is 12.8 Å². The summed E-state index contributed by atoms with van der Waals surface area (Å²) in [5.74, 6) is 0.634. The summed E-state index contributed by atoms with van der Waals surface area (Å²) in [6.45, 7) is 5.14. The predicted molar refractivity (Wildman–Crippen MR) is 56.0 cm³/mol. The van der Waals surface area contributed by atoms with Gasteiger partial charge in [-0.2, -0.15) is 0 Å². The molecule has 3 heteroatoms. The van der Waals surface area contributed by atoms with Crippen LogP contribution in [0.2, 0.25) is 0 Å².